The van der Waals surface area contributed by atoms with Crippen LogP contribution >= 0.6 is 0 Å². The molecule has 2 amide bonds. The summed E-state index contributed by atoms with van der Waals surface area (Å²) in [6.07, 6.45) is 3.23. The fourth-order valence-corrected chi connectivity index (χ4v) is 2.71. The highest BCUT2D eigenvalue weighted by molar-refractivity contribution is 6.39. The summed E-state index contributed by atoms with van der Waals surface area (Å²) >= 11 is 0. The lowest BCUT2D eigenvalue weighted by molar-refractivity contribution is -0.136. The minimum atomic E-state index is -0.803. The highest BCUT2D eigenvalue weighted by Gasteiger charge is 2.16. The van der Waals surface area contributed by atoms with Gasteiger partial charge in [0.2, 0.25) is 5.78 Å². The lowest BCUT2D eigenvalue weighted by atomic mass is 10.1. The van der Waals surface area contributed by atoms with E-state index in [2.05, 4.69) is 15.6 Å². The number of methoxy groups -OCH3 is 1. The van der Waals surface area contributed by atoms with Crippen LogP contribution in [0.1, 0.15) is 21.7 Å². The van der Waals surface area contributed by atoms with Crippen molar-refractivity contribution < 1.29 is 19.1 Å². The molecule has 8 nitrogen and oxygen atoms in total. The predicted octanol–water partition coefficient (Wildman–Crippen LogP) is 1.91. The Morgan fingerprint density at radius 2 is 1.76 bits per heavy atom. The summed E-state index contributed by atoms with van der Waals surface area (Å²) < 4.78 is 6.84. The van der Waals surface area contributed by atoms with Crippen LogP contribution < -0.4 is 15.4 Å². The fraction of sp³-hybridized carbons (Fsp3) is 0.143. The van der Waals surface area contributed by atoms with Gasteiger partial charge in [-0.1, -0.05) is 18.2 Å². The molecule has 1 heterocycles. The van der Waals surface area contributed by atoms with Crippen LogP contribution in [0.25, 0.3) is 0 Å². The molecule has 0 saturated carbocycles. The van der Waals surface area contributed by atoms with Crippen LogP contribution in [0, 0.1) is 0 Å². The lowest BCUT2D eigenvalue weighted by Crippen LogP contribution is -2.35. The van der Waals surface area contributed by atoms with Gasteiger partial charge in [0, 0.05) is 42.8 Å². The van der Waals surface area contributed by atoms with E-state index >= 15 is 0 Å². The van der Waals surface area contributed by atoms with Gasteiger partial charge in [-0.2, -0.15) is 0 Å². The molecule has 0 aliphatic carbocycles. The Kier molecular flexibility index (Phi) is 6.03. The number of benzene rings is 2. The van der Waals surface area contributed by atoms with Gasteiger partial charge in [0.1, 0.15) is 5.75 Å². The molecule has 0 fully saturated rings. The molecule has 148 valence electrons. The Morgan fingerprint density at radius 1 is 1.03 bits per heavy atom. The van der Waals surface area contributed by atoms with Crippen molar-refractivity contribution in [3.63, 3.8) is 0 Å². The number of ether oxygens (including phenoxy) is 1. The van der Waals surface area contributed by atoms with Crippen LogP contribution in [0.5, 0.6) is 5.75 Å². The quantitative estimate of drug-likeness (QED) is 0.493. The van der Waals surface area contributed by atoms with Gasteiger partial charge in [-0.3, -0.25) is 14.4 Å². The number of carbonyl (C=O) groups is 3. The first-order valence-electron chi connectivity index (χ1n) is 8.82. The standard InChI is InChI=1S/C21H20N4O4/c1-25-12-11-22-19(25)18(26)14-7-9-16(10-8-14)24-21(28)20(27)23-13-15-5-3-4-6-17(15)29-2/h3-12H,13H2,1-2H3,(H,23,27)(H,24,28). The molecule has 0 spiro atoms. The molecule has 0 aliphatic rings. The number of rotatable bonds is 6. The topological polar surface area (TPSA) is 102 Å². The molecule has 8 heteroatoms. The van der Waals surface area contributed by atoms with Crippen LogP contribution in [0.2, 0.25) is 0 Å². The maximum atomic E-state index is 12.4. The van der Waals surface area contributed by atoms with Gasteiger partial charge < -0.3 is 19.9 Å². The van der Waals surface area contributed by atoms with Crippen molar-refractivity contribution >= 4 is 23.3 Å². The van der Waals surface area contributed by atoms with E-state index in [1.165, 1.54) is 7.11 Å². The number of nitrogens with one attached hydrogen (secondary N) is 2. The van der Waals surface area contributed by atoms with Crippen molar-refractivity contribution in [3.05, 3.63) is 77.9 Å². The molecule has 3 rings (SSSR count). The normalized spacial score (nSPS) is 10.3. The largest absolute Gasteiger partial charge is 0.496 e. The Balaban J connectivity index is 1.58. The number of aryl methyl sites for hydroxylation is 1. The summed E-state index contributed by atoms with van der Waals surface area (Å²) in [5.74, 6) is -0.865. The van der Waals surface area contributed by atoms with Crippen molar-refractivity contribution in [2.45, 2.75) is 6.54 Å². The van der Waals surface area contributed by atoms with Crippen LogP contribution in [0.3, 0.4) is 0 Å². The number of amides is 2. The van der Waals surface area contributed by atoms with Gasteiger partial charge in [0.05, 0.1) is 7.11 Å². The van der Waals surface area contributed by atoms with Gasteiger partial charge in [-0.25, -0.2) is 4.98 Å². The summed E-state index contributed by atoms with van der Waals surface area (Å²) in [5.41, 5.74) is 1.59. The zero-order valence-electron chi connectivity index (χ0n) is 16.0. The second-order valence-corrected chi connectivity index (χ2v) is 6.22. The second kappa shape index (κ2) is 8.83. The van der Waals surface area contributed by atoms with E-state index in [1.807, 2.05) is 12.1 Å². The van der Waals surface area contributed by atoms with Crippen molar-refractivity contribution in [2.24, 2.45) is 7.05 Å². The smallest absolute Gasteiger partial charge is 0.313 e. The van der Waals surface area contributed by atoms with E-state index in [4.69, 9.17) is 4.74 Å². The number of hydrogen-bond acceptors (Lipinski definition) is 5. The summed E-state index contributed by atoms with van der Waals surface area (Å²) in [5, 5.41) is 5.06. The molecule has 0 aliphatic heterocycles. The highest BCUT2D eigenvalue weighted by Crippen LogP contribution is 2.17. The van der Waals surface area contributed by atoms with Gasteiger partial charge in [-0.05, 0) is 30.3 Å². The fourth-order valence-electron chi connectivity index (χ4n) is 2.71. The summed E-state index contributed by atoms with van der Waals surface area (Å²) in [6.45, 7) is 0.160. The molecule has 0 bridgehead atoms. The second-order valence-electron chi connectivity index (χ2n) is 6.22. The lowest BCUT2D eigenvalue weighted by Gasteiger charge is -2.10. The molecular formula is C21H20N4O4. The molecule has 0 unspecified atom stereocenters. The zero-order valence-corrected chi connectivity index (χ0v) is 16.0. The molecule has 3 aromatic rings. The molecule has 1 aromatic heterocycles. The average molecular weight is 392 g/mol. The van der Waals surface area contributed by atoms with Crippen LogP contribution in [-0.2, 0) is 23.2 Å². The highest BCUT2D eigenvalue weighted by atomic mass is 16.5. The summed E-state index contributed by atoms with van der Waals surface area (Å²) in [7, 11) is 3.27. The van der Waals surface area contributed by atoms with Gasteiger partial charge in [0.25, 0.3) is 0 Å². The number of nitrogens with zero attached hydrogens (tertiary/aromatic N) is 2. The molecular weight excluding hydrogens is 372 g/mol. The van der Waals surface area contributed by atoms with E-state index in [1.54, 1.807) is 60.4 Å². The van der Waals surface area contributed by atoms with E-state index in [0.29, 0.717) is 22.8 Å². The zero-order chi connectivity index (χ0) is 20.8. The van der Waals surface area contributed by atoms with Crippen LogP contribution in [0.15, 0.2) is 60.9 Å². The Morgan fingerprint density at radius 3 is 2.41 bits per heavy atom. The van der Waals surface area contributed by atoms with Crippen molar-refractivity contribution in [3.8, 4) is 5.75 Å². The number of imidazole rings is 1. The number of hydrogen-bond donors (Lipinski definition) is 2. The Labute approximate surface area is 167 Å². The molecule has 2 aromatic carbocycles. The number of carbonyl (C=O) groups excluding carboxylic acids is 3. The van der Waals surface area contributed by atoms with Crippen LogP contribution in [-0.4, -0.2) is 34.3 Å². The number of para-hydroxylation sites is 1. The first kappa shape index (κ1) is 19.8. The molecule has 0 saturated heterocycles. The van der Waals surface area contributed by atoms with E-state index in [0.717, 1.165) is 5.56 Å². The number of anilines is 1. The van der Waals surface area contributed by atoms with Gasteiger partial charge in [-0.15, -0.1) is 0 Å². The van der Waals surface area contributed by atoms with E-state index < -0.39 is 11.8 Å². The Bertz CT molecular complexity index is 1040. The molecule has 29 heavy (non-hydrogen) atoms. The first-order valence-corrected chi connectivity index (χ1v) is 8.82. The Hall–Kier alpha value is -3.94. The summed E-state index contributed by atoms with van der Waals surface area (Å²) in [4.78, 5) is 40.6. The first-order chi connectivity index (χ1) is 14.0. The molecule has 2 N–H and O–H groups in total. The monoisotopic (exact) mass is 392 g/mol. The van der Waals surface area contributed by atoms with Gasteiger partial charge >= 0.3 is 11.8 Å². The number of aromatic nitrogens is 2. The maximum Gasteiger partial charge on any atom is 0.313 e. The number of ketones is 1. The minimum Gasteiger partial charge on any atom is -0.496 e. The third-order valence-corrected chi connectivity index (χ3v) is 4.27. The SMILES string of the molecule is COc1ccccc1CNC(=O)C(=O)Nc1ccc(C(=O)c2nccn2C)cc1. The summed E-state index contributed by atoms with van der Waals surface area (Å²) in [6, 6.07) is 13.5. The van der Waals surface area contributed by atoms with E-state index in [9.17, 15) is 14.4 Å². The van der Waals surface area contributed by atoms with E-state index in [-0.39, 0.29) is 12.3 Å². The molecule has 0 radical (unpaired) electrons. The van der Waals surface area contributed by atoms with Crippen molar-refractivity contribution in [1.29, 1.82) is 0 Å². The van der Waals surface area contributed by atoms with Gasteiger partial charge in [0.15, 0.2) is 5.82 Å². The van der Waals surface area contributed by atoms with Crippen molar-refractivity contribution in [2.75, 3.05) is 12.4 Å². The maximum absolute atomic E-state index is 12.4. The average Bonchev–Trinajstić information content (AvgIpc) is 3.18. The van der Waals surface area contributed by atoms with Crippen molar-refractivity contribution in [1.82, 2.24) is 14.9 Å². The third kappa shape index (κ3) is 4.67. The molecule has 0 atom stereocenters. The van der Waals surface area contributed by atoms with Crippen LogP contribution in [0.4, 0.5) is 5.69 Å². The minimum absolute atomic E-state index is 0.160. The third-order valence-electron chi connectivity index (χ3n) is 4.27. The predicted molar refractivity (Wildman–Crippen MR) is 107 cm³/mol.